The van der Waals surface area contributed by atoms with E-state index in [2.05, 4.69) is 15.5 Å². The van der Waals surface area contributed by atoms with Gasteiger partial charge in [-0.05, 0) is 6.42 Å². The molecule has 1 heterocycles. The van der Waals surface area contributed by atoms with Crippen LogP contribution in [0.1, 0.15) is 30.9 Å². The number of benzene rings is 1. The van der Waals surface area contributed by atoms with E-state index in [0.29, 0.717) is 33.8 Å². The molecule has 2 aromatic rings. The standard InChI is InChI=1S/C15H21N3O4S/c1-5-6-10(19)14-17-18-15(23-14)16-9-7-11(20-2)13(22-4)12(8-9)21-3/h7-8,10,19H,5-6H2,1-4H3,(H,16,18). The second kappa shape index (κ2) is 7.98. The molecule has 7 nitrogen and oxygen atoms in total. The van der Waals surface area contributed by atoms with Gasteiger partial charge in [0, 0.05) is 17.8 Å². The van der Waals surface area contributed by atoms with Crippen molar-refractivity contribution < 1.29 is 19.3 Å². The molecule has 126 valence electrons. The van der Waals surface area contributed by atoms with Gasteiger partial charge in [-0.3, -0.25) is 0 Å². The molecule has 0 aliphatic heterocycles. The van der Waals surface area contributed by atoms with Crippen molar-refractivity contribution in [2.75, 3.05) is 26.6 Å². The Morgan fingerprint density at radius 2 is 1.78 bits per heavy atom. The summed E-state index contributed by atoms with van der Waals surface area (Å²) >= 11 is 1.32. The molecule has 0 aliphatic carbocycles. The molecule has 1 unspecified atom stereocenters. The van der Waals surface area contributed by atoms with Gasteiger partial charge < -0.3 is 24.6 Å². The second-order valence-electron chi connectivity index (χ2n) is 4.79. The first-order valence-corrected chi connectivity index (χ1v) is 8.03. The van der Waals surface area contributed by atoms with Gasteiger partial charge in [0.05, 0.1) is 21.3 Å². The molecule has 0 amide bonds. The lowest BCUT2D eigenvalue weighted by Gasteiger charge is -2.14. The first-order valence-electron chi connectivity index (χ1n) is 7.21. The lowest BCUT2D eigenvalue weighted by molar-refractivity contribution is 0.165. The Balaban J connectivity index is 2.23. The third kappa shape index (κ3) is 4.02. The number of aliphatic hydroxyl groups is 1. The van der Waals surface area contributed by atoms with E-state index < -0.39 is 6.10 Å². The van der Waals surface area contributed by atoms with Gasteiger partial charge in [0.1, 0.15) is 11.1 Å². The molecule has 0 bridgehead atoms. The molecule has 0 fully saturated rings. The minimum atomic E-state index is -0.576. The lowest BCUT2D eigenvalue weighted by Crippen LogP contribution is -1.97. The van der Waals surface area contributed by atoms with Gasteiger partial charge >= 0.3 is 0 Å². The zero-order valence-electron chi connectivity index (χ0n) is 13.6. The van der Waals surface area contributed by atoms with Crippen LogP contribution in [0.3, 0.4) is 0 Å². The van der Waals surface area contributed by atoms with E-state index in [1.54, 1.807) is 33.5 Å². The molecule has 1 atom stereocenters. The Bertz CT molecular complexity index is 622. The van der Waals surface area contributed by atoms with Gasteiger partial charge in [-0.25, -0.2) is 0 Å². The number of hydrogen-bond donors (Lipinski definition) is 2. The smallest absolute Gasteiger partial charge is 0.210 e. The number of nitrogens with one attached hydrogen (secondary N) is 1. The van der Waals surface area contributed by atoms with Crippen molar-refractivity contribution in [2.45, 2.75) is 25.9 Å². The van der Waals surface area contributed by atoms with Crippen LogP contribution < -0.4 is 19.5 Å². The maximum Gasteiger partial charge on any atom is 0.210 e. The highest BCUT2D eigenvalue weighted by molar-refractivity contribution is 7.15. The van der Waals surface area contributed by atoms with Crippen LogP contribution in [-0.2, 0) is 0 Å². The number of rotatable bonds is 8. The highest BCUT2D eigenvalue weighted by Crippen LogP contribution is 2.41. The number of ether oxygens (including phenoxy) is 3. The second-order valence-corrected chi connectivity index (χ2v) is 5.80. The van der Waals surface area contributed by atoms with E-state index in [0.717, 1.165) is 12.1 Å². The molecular formula is C15H21N3O4S. The topological polar surface area (TPSA) is 85.7 Å². The fraction of sp³-hybridized carbons (Fsp3) is 0.467. The van der Waals surface area contributed by atoms with Crippen molar-refractivity contribution in [3.63, 3.8) is 0 Å². The normalized spacial score (nSPS) is 11.9. The lowest BCUT2D eigenvalue weighted by atomic mass is 10.2. The summed E-state index contributed by atoms with van der Waals surface area (Å²) in [4.78, 5) is 0. The van der Waals surface area contributed by atoms with Gasteiger partial charge in [-0.15, -0.1) is 10.2 Å². The predicted octanol–water partition coefficient (Wildman–Crippen LogP) is 3.14. The average Bonchev–Trinajstić information content (AvgIpc) is 3.02. The van der Waals surface area contributed by atoms with E-state index in [1.165, 1.54) is 11.3 Å². The monoisotopic (exact) mass is 339 g/mol. The van der Waals surface area contributed by atoms with Crippen LogP contribution in [0, 0.1) is 0 Å². The molecule has 2 rings (SSSR count). The fourth-order valence-electron chi connectivity index (χ4n) is 2.09. The first-order chi connectivity index (χ1) is 11.1. The van der Waals surface area contributed by atoms with Crippen molar-refractivity contribution in [1.29, 1.82) is 0 Å². The SMILES string of the molecule is CCCC(O)c1nnc(Nc2cc(OC)c(OC)c(OC)c2)s1. The van der Waals surface area contributed by atoms with E-state index in [9.17, 15) is 5.11 Å². The molecule has 8 heteroatoms. The molecule has 0 saturated carbocycles. The number of aliphatic hydroxyl groups excluding tert-OH is 1. The number of nitrogens with zero attached hydrogens (tertiary/aromatic N) is 2. The Morgan fingerprint density at radius 1 is 1.13 bits per heavy atom. The molecule has 0 radical (unpaired) electrons. The zero-order valence-corrected chi connectivity index (χ0v) is 14.4. The van der Waals surface area contributed by atoms with E-state index in [-0.39, 0.29) is 0 Å². The summed E-state index contributed by atoms with van der Waals surface area (Å²) < 4.78 is 15.9. The van der Waals surface area contributed by atoms with Gasteiger partial charge in [0.15, 0.2) is 11.5 Å². The Kier molecular flexibility index (Phi) is 6.00. The quantitative estimate of drug-likeness (QED) is 0.764. The minimum absolute atomic E-state index is 0.525. The molecule has 0 spiro atoms. The minimum Gasteiger partial charge on any atom is -0.493 e. The summed E-state index contributed by atoms with van der Waals surface area (Å²) in [6.45, 7) is 2.01. The van der Waals surface area contributed by atoms with Gasteiger partial charge in [-0.2, -0.15) is 0 Å². The van der Waals surface area contributed by atoms with Crippen molar-refractivity contribution >= 4 is 22.2 Å². The van der Waals surface area contributed by atoms with Crippen molar-refractivity contribution in [3.8, 4) is 17.2 Å². The zero-order chi connectivity index (χ0) is 16.8. The summed E-state index contributed by atoms with van der Waals surface area (Å²) in [5.41, 5.74) is 0.729. The summed E-state index contributed by atoms with van der Waals surface area (Å²) in [7, 11) is 4.68. The number of hydrogen-bond acceptors (Lipinski definition) is 8. The maximum atomic E-state index is 9.96. The molecule has 0 saturated heterocycles. The number of methoxy groups -OCH3 is 3. The van der Waals surface area contributed by atoms with Gasteiger partial charge in [0.25, 0.3) is 0 Å². The summed E-state index contributed by atoms with van der Waals surface area (Å²) in [5.74, 6) is 1.62. The highest BCUT2D eigenvalue weighted by Gasteiger charge is 2.16. The predicted molar refractivity (Wildman–Crippen MR) is 89.2 cm³/mol. The Labute approximate surface area is 139 Å². The maximum absolute atomic E-state index is 9.96. The van der Waals surface area contributed by atoms with Gasteiger partial charge in [-0.1, -0.05) is 24.7 Å². The van der Waals surface area contributed by atoms with Crippen LogP contribution in [0.5, 0.6) is 17.2 Å². The summed E-state index contributed by atoms with van der Waals surface area (Å²) in [5, 5.41) is 22.4. The van der Waals surface area contributed by atoms with Crippen LogP contribution >= 0.6 is 11.3 Å². The van der Waals surface area contributed by atoms with Crippen LogP contribution in [0.2, 0.25) is 0 Å². The van der Waals surface area contributed by atoms with Crippen molar-refractivity contribution in [2.24, 2.45) is 0 Å². The largest absolute Gasteiger partial charge is 0.493 e. The Hall–Kier alpha value is -2.06. The third-order valence-electron chi connectivity index (χ3n) is 3.20. The van der Waals surface area contributed by atoms with Crippen LogP contribution in [0.15, 0.2) is 12.1 Å². The average molecular weight is 339 g/mol. The van der Waals surface area contributed by atoms with Crippen molar-refractivity contribution in [1.82, 2.24) is 10.2 Å². The highest BCUT2D eigenvalue weighted by atomic mass is 32.1. The van der Waals surface area contributed by atoms with E-state index in [4.69, 9.17) is 14.2 Å². The number of aromatic nitrogens is 2. The molecular weight excluding hydrogens is 318 g/mol. The van der Waals surface area contributed by atoms with Crippen molar-refractivity contribution in [3.05, 3.63) is 17.1 Å². The van der Waals surface area contributed by atoms with E-state index >= 15 is 0 Å². The molecule has 23 heavy (non-hydrogen) atoms. The fourth-order valence-corrected chi connectivity index (χ4v) is 2.88. The van der Waals surface area contributed by atoms with Crippen LogP contribution in [0.25, 0.3) is 0 Å². The third-order valence-corrected chi connectivity index (χ3v) is 4.14. The van der Waals surface area contributed by atoms with Crippen LogP contribution in [-0.4, -0.2) is 36.6 Å². The molecule has 1 aromatic heterocycles. The summed E-state index contributed by atoms with van der Waals surface area (Å²) in [6, 6.07) is 3.57. The Morgan fingerprint density at radius 3 is 2.30 bits per heavy atom. The van der Waals surface area contributed by atoms with Crippen LogP contribution in [0.4, 0.5) is 10.8 Å². The molecule has 2 N–H and O–H groups in total. The number of anilines is 2. The molecule has 1 aromatic carbocycles. The summed E-state index contributed by atoms with van der Waals surface area (Å²) in [6.07, 6.45) is 0.975. The van der Waals surface area contributed by atoms with Gasteiger partial charge in [0.2, 0.25) is 10.9 Å². The first kappa shape index (κ1) is 17.3. The molecule has 0 aliphatic rings. The van der Waals surface area contributed by atoms with E-state index in [1.807, 2.05) is 6.92 Å².